The van der Waals surface area contributed by atoms with Crippen molar-refractivity contribution in [2.75, 3.05) is 13.2 Å². The molecule has 1 N–H and O–H groups in total. The Kier molecular flexibility index (Phi) is 5.83. The molecule has 3 aromatic rings. The maximum Gasteiger partial charge on any atom is 0.255 e. The molecular weight excluding hydrogens is 352 g/mol. The van der Waals surface area contributed by atoms with Crippen molar-refractivity contribution in [1.82, 2.24) is 10.3 Å². The van der Waals surface area contributed by atoms with E-state index in [0.717, 1.165) is 17.1 Å². The Bertz CT molecular complexity index is 854. The summed E-state index contributed by atoms with van der Waals surface area (Å²) in [6.45, 7) is 5.05. The fourth-order valence-electron chi connectivity index (χ4n) is 2.46. The molecule has 3 rings (SSSR count). The first kappa shape index (κ1) is 17.6. The van der Waals surface area contributed by atoms with Crippen molar-refractivity contribution >= 4 is 28.6 Å². The Morgan fingerprint density at radius 2 is 2.08 bits per heavy atom. The molecule has 0 atom stereocenters. The van der Waals surface area contributed by atoms with E-state index in [1.165, 1.54) is 9.75 Å². The number of aryl methyl sites for hydroxylation is 1. The largest absolute Gasteiger partial charge is 0.493 e. The van der Waals surface area contributed by atoms with Crippen molar-refractivity contribution in [3.63, 3.8) is 0 Å². The molecule has 0 unspecified atom stereocenters. The first-order valence-corrected chi connectivity index (χ1v) is 9.88. The smallest absolute Gasteiger partial charge is 0.255 e. The van der Waals surface area contributed by atoms with Gasteiger partial charge in [0.1, 0.15) is 5.75 Å². The Balaban J connectivity index is 1.56. The van der Waals surface area contributed by atoms with E-state index in [-0.39, 0.29) is 5.91 Å². The van der Waals surface area contributed by atoms with Crippen molar-refractivity contribution < 1.29 is 9.53 Å². The second-order valence-corrected chi connectivity index (χ2v) is 7.68. The SMILES string of the molecule is CCOc1ccccc1C(=O)NCCc1ccc(-c2csc(C)n2)s1. The molecule has 4 nitrogen and oxygen atoms in total. The van der Waals surface area contributed by atoms with Crippen LogP contribution in [-0.4, -0.2) is 24.0 Å². The van der Waals surface area contributed by atoms with Crippen LogP contribution in [0.3, 0.4) is 0 Å². The lowest BCUT2D eigenvalue weighted by atomic mass is 10.2. The van der Waals surface area contributed by atoms with Crippen LogP contribution in [0.4, 0.5) is 0 Å². The van der Waals surface area contributed by atoms with Gasteiger partial charge in [-0.3, -0.25) is 4.79 Å². The molecule has 0 bridgehead atoms. The lowest BCUT2D eigenvalue weighted by molar-refractivity contribution is 0.0950. The number of aromatic nitrogens is 1. The van der Waals surface area contributed by atoms with Crippen molar-refractivity contribution in [3.8, 4) is 16.3 Å². The highest BCUT2D eigenvalue weighted by atomic mass is 32.1. The molecule has 25 heavy (non-hydrogen) atoms. The Hall–Kier alpha value is -2.18. The molecule has 1 aromatic carbocycles. The molecule has 6 heteroatoms. The predicted octanol–water partition coefficient (Wildman–Crippen LogP) is 4.55. The fraction of sp³-hybridized carbons (Fsp3) is 0.263. The number of hydrogen-bond donors (Lipinski definition) is 1. The number of carbonyl (C=O) groups is 1. The number of amides is 1. The van der Waals surface area contributed by atoms with E-state index in [9.17, 15) is 4.79 Å². The molecule has 2 aromatic heterocycles. The quantitative estimate of drug-likeness (QED) is 0.662. The van der Waals surface area contributed by atoms with Crippen molar-refractivity contribution in [2.24, 2.45) is 0 Å². The van der Waals surface area contributed by atoms with Crippen LogP contribution >= 0.6 is 22.7 Å². The molecule has 0 fully saturated rings. The van der Waals surface area contributed by atoms with Crippen LogP contribution in [-0.2, 0) is 6.42 Å². The van der Waals surface area contributed by atoms with Gasteiger partial charge < -0.3 is 10.1 Å². The Morgan fingerprint density at radius 3 is 2.84 bits per heavy atom. The van der Waals surface area contributed by atoms with Crippen LogP contribution in [0.25, 0.3) is 10.6 Å². The highest BCUT2D eigenvalue weighted by Gasteiger charge is 2.12. The zero-order valence-electron chi connectivity index (χ0n) is 14.2. The number of hydrogen-bond acceptors (Lipinski definition) is 5. The number of thiazole rings is 1. The van der Waals surface area contributed by atoms with E-state index in [1.54, 1.807) is 28.7 Å². The number of benzene rings is 1. The summed E-state index contributed by atoms with van der Waals surface area (Å²) in [5, 5.41) is 6.13. The molecule has 0 spiro atoms. The standard InChI is InChI=1S/C19H20N2O2S2/c1-3-23-17-7-5-4-6-15(17)19(22)20-11-10-14-8-9-18(25-14)16-12-24-13(2)21-16/h4-9,12H,3,10-11H2,1-2H3,(H,20,22). The van der Waals surface area contributed by atoms with Gasteiger partial charge >= 0.3 is 0 Å². The molecular formula is C19H20N2O2S2. The highest BCUT2D eigenvalue weighted by Crippen LogP contribution is 2.29. The van der Waals surface area contributed by atoms with Gasteiger partial charge in [0.2, 0.25) is 0 Å². The van der Waals surface area contributed by atoms with E-state index in [1.807, 2.05) is 32.0 Å². The molecule has 0 saturated heterocycles. The minimum atomic E-state index is -0.101. The lowest BCUT2D eigenvalue weighted by Crippen LogP contribution is -2.26. The number of nitrogens with one attached hydrogen (secondary N) is 1. The summed E-state index contributed by atoms with van der Waals surface area (Å²) >= 11 is 3.39. The van der Waals surface area contributed by atoms with Crippen molar-refractivity contribution in [2.45, 2.75) is 20.3 Å². The average Bonchev–Trinajstić information content (AvgIpc) is 3.24. The number of carbonyl (C=O) groups excluding carboxylic acids is 1. The van der Waals surface area contributed by atoms with Gasteiger partial charge in [0, 0.05) is 16.8 Å². The zero-order valence-corrected chi connectivity index (χ0v) is 15.9. The number of para-hydroxylation sites is 1. The molecule has 0 radical (unpaired) electrons. The third-order valence-corrected chi connectivity index (χ3v) is 5.56. The van der Waals surface area contributed by atoms with Gasteiger partial charge in [0.15, 0.2) is 0 Å². The molecule has 130 valence electrons. The van der Waals surface area contributed by atoms with Gasteiger partial charge in [-0.05, 0) is 44.5 Å². The predicted molar refractivity (Wildman–Crippen MR) is 104 cm³/mol. The van der Waals surface area contributed by atoms with Crippen LogP contribution in [0.1, 0.15) is 27.2 Å². The summed E-state index contributed by atoms with van der Waals surface area (Å²) < 4.78 is 5.51. The summed E-state index contributed by atoms with van der Waals surface area (Å²) in [6, 6.07) is 11.5. The van der Waals surface area contributed by atoms with Crippen LogP contribution in [0, 0.1) is 6.92 Å². The lowest BCUT2D eigenvalue weighted by Gasteiger charge is -2.10. The minimum Gasteiger partial charge on any atom is -0.493 e. The highest BCUT2D eigenvalue weighted by molar-refractivity contribution is 7.16. The normalized spacial score (nSPS) is 10.6. The molecule has 1 amide bonds. The van der Waals surface area contributed by atoms with E-state index >= 15 is 0 Å². The van der Waals surface area contributed by atoms with Crippen LogP contribution < -0.4 is 10.1 Å². The summed E-state index contributed by atoms with van der Waals surface area (Å²) in [7, 11) is 0. The van der Waals surface area contributed by atoms with E-state index in [0.29, 0.717) is 24.5 Å². The van der Waals surface area contributed by atoms with Crippen LogP contribution in [0.15, 0.2) is 41.8 Å². The number of ether oxygens (including phenoxy) is 1. The van der Waals surface area contributed by atoms with E-state index in [4.69, 9.17) is 4.74 Å². The average molecular weight is 373 g/mol. The van der Waals surface area contributed by atoms with E-state index in [2.05, 4.69) is 27.8 Å². The Labute approximate surface area is 155 Å². The van der Waals surface area contributed by atoms with E-state index < -0.39 is 0 Å². The van der Waals surface area contributed by atoms with Crippen molar-refractivity contribution in [3.05, 3.63) is 57.2 Å². The second-order valence-electron chi connectivity index (χ2n) is 5.45. The third-order valence-electron chi connectivity index (χ3n) is 3.62. The monoisotopic (exact) mass is 372 g/mol. The summed E-state index contributed by atoms with van der Waals surface area (Å²) in [5.41, 5.74) is 1.61. The summed E-state index contributed by atoms with van der Waals surface area (Å²) in [4.78, 5) is 19.3. The van der Waals surface area contributed by atoms with Gasteiger partial charge in [-0.25, -0.2) is 4.98 Å². The molecule has 0 saturated carbocycles. The number of thiophene rings is 1. The molecule has 0 aliphatic heterocycles. The maximum absolute atomic E-state index is 12.4. The number of rotatable bonds is 7. The van der Waals surface area contributed by atoms with Gasteiger partial charge in [-0.15, -0.1) is 22.7 Å². The van der Waals surface area contributed by atoms with Gasteiger partial charge in [0.05, 0.1) is 27.7 Å². The van der Waals surface area contributed by atoms with Crippen molar-refractivity contribution in [1.29, 1.82) is 0 Å². The topological polar surface area (TPSA) is 51.2 Å². The second kappa shape index (κ2) is 8.27. The van der Waals surface area contributed by atoms with Crippen LogP contribution in [0.2, 0.25) is 0 Å². The first-order chi connectivity index (χ1) is 12.2. The van der Waals surface area contributed by atoms with Gasteiger partial charge in [0.25, 0.3) is 5.91 Å². The maximum atomic E-state index is 12.4. The zero-order chi connectivity index (χ0) is 17.6. The molecule has 0 aliphatic carbocycles. The first-order valence-electron chi connectivity index (χ1n) is 8.18. The van der Waals surface area contributed by atoms with Crippen LogP contribution in [0.5, 0.6) is 5.75 Å². The minimum absolute atomic E-state index is 0.101. The Morgan fingerprint density at radius 1 is 1.24 bits per heavy atom. The van der Waals surface area contributed by atoms with Gasteiger partial charge in [-0.1, -0.05) is 12.1 Å². The van der Waals surface area contributed by atoms with Gasteiger partial charge in [-0.2, -0.15) is 0 Å². The third kappa shape index (κ3) is 4.46. The molecule has 2 heterocycles. The summed E-state index contributed by atoms with van der Waals surface area (Å²) in [5.74, 6) is 0.524. The summed E-state index contributed by atoms with van der Waals surface area (Å²) in [6.07, 6.45) is 0.802. The fourth-order valence-corrected chi connectivity index (χ4v) is 4.11. The molecule has 0 aliphatic rings. The number of nitrogens with zero attached hydrogens (tertiary/aromatic N) is 1.